The molecule has 7 N–H and O–H groups in total. The Balaban J connectivity index is 2.36. The van der Waals surface area contributed by atoms with Gasteiger partial charge in [-0.3, -0.25) is 14.6 Å². The van der Waals surface area contributed by atoms with E-state index in [0.29, 0.717) is 19.4 Å². The van der Waals surface area contributed by atoms with Gasteiger partial charge in [-0.1, -0.05) is 0 Å². The van der Waals surface area contributed by atoms with Crippen molar-refractivity contribution in [1.82, 2.24) is 9.97 Å². The van der Waals surface area contributed by atoms with Gasteiger partial charge in [0.2, 0.25) is 5.95 Å². The molecule has 17 heavy (non-hydrogen) atoms. The fraction of sp³-hybridized carbons (Fsp3) is 0.444. The molecule has 1 heterocycles. The smallest absolute Gasteiger partial charge is 0.320 e. The third-order valence-electron chi connectivity index (χ3n) is 2.06. The molecular weight excluding hydrogens is 226 g/mol. The number of nitrogens with zero attached hydrogens (tertiary/aromatic N) is 1. The molecule has 0 unspecified atom stereocenters. The lowest BCUT2D eigenvalue weighted by Crippen LogP contribution is -2.30. The number of carboxylic acid groups (broad SMARTS) is 1. The number of anilines is 2. The molecule has 0 radical (unpaired) electrons. The molecule has 0 aliphatic rings. The number of hydrogen-bond acceptors (Lipinski definition) is 6. The predicted octanol–water partition coefficient (Wildman–Crippen LogP) is -1.04. The fourth-order valence-corrected chi connectivity index (χ4v) is 1.21. The summed E-state index contributed by atoms with van der Waals surface area (Å²) in [4.78, 5) is 27.8. The lowest BCUT2D eigenvalue weighted by molar-refractivity contribution is -0.138. The second-order valence-electron chi connectivity index (χ2n) is 3.53. The number of aromatic nitrogens is 2. The quantitative estimate of drug-likeness (QED) is 0.399. The SMILES string of the molecule is Nc1cc(=O)[nH]c(NCCC[C@H](N)C(=O)O)n1. The van der Waals surface area contributed by atoms with Gasteiger partial charge in [-0.05, 0) is 12.8 Å². The Kier molecular flexibility index (Phi) is 4.46. The van der Waals surface area contributed by atoms with E-state index in [0.717, 1.165) is 0 Å². The number of nitrogens with one attached hydrogen (secondary N) is 2. The lowest BCUT2D eigenvalue weighted by Gasteiger charge is -2.07. The van der Waals surface area contributed by atoms with Crippen molar-refractivity contribution >= 4 is 17.7 Å². The van der Waals surface area contributed by atoms with Crippen molar-refractivity contribution < 1.29 is 9.90 Å². The fourth-order valence-electron chi connectivity index (χ4n) is 1.21. The molecule has 1 aromatic rings. The molecule has 0 fully saturated rings. The van der Waals surface area contributed by atoms with Gasteiger partial charge in [-0.25, -0.2) is 0 Å². The van der Waals surface area contributed by atoms with Crippen molar-refractivity contribution in [2.24, 2.45) is 5.73 Å². The average Bonchev–Trinajstić information content (AvgIpc) is 2.22. The van der Waals surface area contributed by atoms with E-state index in [-0.39, 0.29) is 17.3 Å². The number of hydrogen-bond donors (Lipinski definition) is 5. The first-order valence-corrected chi connectivity index (χ1v) is 5.08. The minimum atomic E-state index is -1.03. The maximum Gasteiger partial charge on any atom is 0.320 e. The monoisotopic (exact) mass is 241 g/mol. The summed E-state index contributed by atoms with van der Waals surface area (Å²) in [6.45, 7) is 0.452. The summed E-state index contributed by atoms with van der Waals surface area (Å²) in [5.74, 6) is -0.641. The van der Waals surface area contributed by atoms with E-state index in [2.05, 4.69) is 15.3 Å². The molecule has 0 bridgehead atoms. The Morgan fingerprint density at radius 1 is 1.65 bits per heavy atom. The zero-order valence-electron chi connectivity index (χ0n) is 9.14. The average molecular weight is 241 g/mol. The highest BCUT2D eigenvalue weighted by molar-refractivity contribution is 5.72. The first-order chi connectivity index (χ1) is 7.99. The molecule has 1 atom stereocenters. The Hall–Kier alpha value is -2.09. The minimum Gasteiger partial charge on any atom is -0.480 e. The van der Waals surface area contributed by atoms with Gasteiger partial charge in [0.25, 0.3) is 5.56 Å². The number of aliphatic carboxylic acids is 1. The van der Waals surface area contributed by atoms with Crippen LogP contribution in [0.4, 0.5) is 11.8 Å². The first-order valence-electron chi connectivity index (χ1n) is 5.08. The molecule has 0 aliphatic carbocycles. The van der Waals surface area contributed by atoms with E-state index in [1.54, 1.807) is 0 Å². The molecule has 1 aromatic heterocycles. The van der Waals surface area contributed by atoms with Crippen LogP contribution in [0.5, 0.6) is 0 Å². The van der Waals surface area contributed by atoms with Crippen LogP contribution >= 0.6 is 0 Å². The van der Waals surface area contributed by atoms with Crippen molar-refractivity contribution in [2.45, 2.75) is 18.9 Å². The van der Waals surface area contributed by atoms with Crippen LogP contribution in [0.1, 0.15) is 12.8 Å². The molecule has 8 nitrogen and oxygen atoms in total. The van der Waals surface area contributed by atoms with Crippen molar-refractivity contribution in [3.8, 4) is 0 Å². The molecule has 0 amide bonds. The summed E-state index contributed by atoms with van der Waals surface area (Å²) in [5, 5.41) is 11.4. The van der Waals surface area contributed by atoms with Crippen LogP contribution in [0, 0.1) is 0 Å². The van der Waals surface area contributed by atoms with Crippen LogP contribution < -0.4 is 22.3 Å². The van der Waals surface area contributed by atoms with Gasteiger partial charge in [0.05, 0.1) is 0 Å². The van der Waals surface area contributed by atoms with E-state index in [1.807, 2.05) is 0 Å². The summed E-state index contributed by atoms with van der Waals surface area (Å²) in [5.41, 5.74) is 10.4. The van der Waals surface area contributed by atoms with Crippen molar-refractivity contribution in [3.05, 3.63) is 16.4 Å². The van der Waals surface area contributed by atoms with E-state index >= 15 is 0 Å². The highest BCUT2D eigenvalue weighted by atomic mass is 16.4. The van der Waals surface area contributed by atoms with Gasteiger partial charge >= 0.3 is 5.97 Å². The van der Waals surface area contributed by atoms with Crippen LogP contribution in [0.3, 0.4) is 0 Å². The van der Waals surface area contributed by atoms with Gasteiger partial charge in [0.1, 0.15) is 11.9 Å². The number of H-pyrrole nitrogens is 1. The summed E-state index contributed by atoms with van der Waals surface area (Å²) in [6.07, 6.45) is 0.890. The Morgan fingerprint density at radius 2 is 2.35 bits per heavy atom. The van der Waals surface area contributed by atoms with Gasteiger partial charge in [0.15, 0.2) is 0 Å². The third kappa shape index (κ3) is 4.51. The van der Waals surface area contributed by atoms with Crippen LogP contribution in [0.25, 0.3) is 0 Å². The largest absolute Gasteiger partial charge is 0.480 e. The molecule has 0 saturated carbocycles. The molecular formula is C9H15N5O3. The first kappa shape index (κ1) is 13.0. The van der Waals surface area contributed by atoms with E-state index < -0.39 is 12.0 Å². The second-order valence-corrected chi connectivity index (χ2v) is 3.53. The standard InChI is InChI=1S/C9H15N5O3/c10-5(8(16)17)2-1-3-12-9-13-6(11)4-7(15)14-9/h4-5H,1-3,10H2,(H,16,17)(H4,11,12,13,14,15)/t5-/m0/s1. The van der Waals surface area contributed by atoms with Crippen LogP contribution in [-0.4, -0.2) is 33.6 Å². The van der Waals surface area contributed by atoms with Gasteiger partial charge in [-0.15, -0.1) is 0 Å². The number of rotatable bonds is 6. The third-order valence-corrected chi connectivity index (χ3v) is 2.06. The maximum absolute atomic E-state index is 11.0. The highest BCUT2D eigenvalue weighted by Crippen LogP contribution is 2.00. The van der Waals surface area contributed by atoms with Crippen molar-refractivity contribution in [2.75, 3.05) is 17.6 Å². The summed E-state index contributed by atoms with van der Waals surface area (Å²) < 4.78 is 0. The number of aromatic amines is 1. The Bertz CT molecular complexity index is 445. The zero-order valence-corrected chi connectivity index (χ0v) is 9.14. The van der Waals surface area contributed by atoms with Crippen LogP contribution in [-0.2, 0) is 4.79 Å². The maximum atomic E-state index is 11.0. The number of carboxylic acids is 1. The van der Waals surface area contributed by atoms with Gasteiger partial charge < -0.3 is 21.9 Å². The molecule has 1 rings (SSSR count). The van der Waals surface area contributed by atoms with Crippen molar-refractivity contribution in [1.29, 1.82) is 0 Å². The summed E-state index contributed by atoms with van der Waals surface area (Å²) in [7, 11) is 0. The molecule has 0 spiro atoms. The predicted molar refractivity (Wildman–Crippen MR) is 62.6 cm³/mol. The Labute approximate surface area is 97.0 Å². The molecule has 94 valence electrons. The topological polar surface area (TPSA) is 147 Å². The lowest BCUT2D eigenvalue weighted by atomic mass is 10.2. The summed E-state index contributed by atoms with van der Waals surface area (Å²) in [6, 6.07) is 0.301. The number of nitrogens with two attached hydrogens (primary N) is 2. The minimum absolute atomic E-state index is 0.124. The van der Waals surface area contributed by atoms with Crippen molar-refractivity contribution in [3.63, 3.8) is 0 Å². The second kappa shape index (κ2) is 5.85. The van der Waals surface area contributed by atoms with Crippen LogP contribution in [0.2, 0.25) is 0 Å². The van der Waals surface area contributed by atoms with E-state index in [9.17, 15) is 9.59 Å². The van der Waals surface area contributed by atoms with E-state index in [1.165, 1.54) is 6.07 Å². The summed E-state index contributed by atoms with van der Waals surface area (Å²) >= 11 is 0. The Morgan fingerprint density at radius 3 is 2.94 bits per heavy atom. The van der Waals surface area contributed by atoms with Gasteiger partial charge in [-0.2, -0.15) is 4.98 Å². The van der Waals surface area contributed by atoms with E-state index in [4.69, 9.17) is 16.6 Å². The van der Waals surface area contributed by atoms with Crippen LogP contribution in [0.15, 0.2) is 10.9 Å². The molecule has 0 aliphatic heterocycles. The molecule has 8 heteroatoms. The van der Waals surface area contributed by atoms with Gasteiger partial charge in [0, 0.05) is 12.6 Å². The highest BCUT2D eigenvalue weighted by Gasteiger charge is 2.10. The zero-order chi connectivity index (χ0) is 12.8. The number of carbonyl (C=O) groups is 1. The molecule has 0 aromatic carbocycles. The number of nitrogen functional groups attached to an aromatic ring is 1. The molecule has 0 saturated heterocycles. The normalized spacial score (nSPS) is 12.1.